The molecule has 2 rings (SSSR count). The third-order valence-corrected chi connectivity index (χ3v) is 1.43. The summed E-state index contributed by atoms with van der Waals surface area (Å²) in [4.78, 5) is 7.25. The van der Waals surface area contributed by atoms with E-state index in [4.69, 9.17) is 10.5 Å². The molecule has 0 fully saturated rings. The minimum absolute atomic E-state index is 0. The molecule has 0 heterocycles. The molecular formula is C12H12NNiO. The first-order chi connectivity index (χ1) is 6.89. The first-order valence-corrected chi connectivity index (χ1v) is 4.16. The monoisotopic (exact) mass is 244 g/mol. The molecule has 0 atom stereocenters. The Morgan fingerprint density at radius 2 is 1.80 bits per heavy atom. The van der Waals surface area contributed by atoms with Crippen molar-refractivity contribution in [1.82, 2.24) is 0 Å². The number of benzene rings is 1. The van der Waals surface area contributed by atoms with E-state index in [2.05, 4.69) is 19.1 Å². The maximum atomic E-state index is 7.25. The zero-order chi connectivity index (χ0) is 10.6. The van der Waals surface area contributed by atoms with E-state index in [0.717, 1.165) is 12.0 Å². The average molecular weight is 245 g/mol. The standard InChI is InChI=1S/C7H7.C5H5.NO.Ni/c1-7-5-3-2-4-6-7;1-2-4-5-3-1;1-2;/h2-6H,1H2;1-3H,4H2;;/q3*-1;+3. The zero-order valence-corrected chi connectivity index (χ0v) is 9.19. The van der Waals surface area contributed by atoms with Crippen LogP contribution in [0, 0.1) is 17.9 Å². The molecule has 0 amide bonds. The predicted octanol–water partition coefficient (Wildman–Crippen LogP) is 3.49. The first kappa shape index (κ1) is 16.1. The van der Waals surface area contributed by atoms with Crippen molar-refractivity contribution in [2.45, 2.75) is 6.42 Å². The number of nitrogens with zero attached hydrogens (tertiary/aromatic N) is 1. The van der Waals surface area contributed by atoms with Crippen LogP contribution in [0.2, 0.25) is 0 Å². The Labute approximate surface area is 101 Å². The molecule has 0 saturated carbocycles. The first-order valence-electron chi connectivity index (χ1n) is 4.16. The second-order valence-electron chi connectivity index (χ2n) is 2.49. The number of allylic oxidation sites excluding steroid dienone is 4. The van der Waals surface area contributed by atoms with E-state index in [1.807, 2.05) is 42.5 Å². The van der Waals surface area contributed by atoms with E-state index in [1.165, 1.54) is 0 Å². The summed E-state index contributed by atoms with van der Waals surface area (Å²) in [5, 5.41) is 0. The van der Waals surface area contributed by atoms with Gasteiger partial charge in [-0.2, -0.15) is 30.7 Å². The molecule has 0 unspecified atom stereocenters. The van der Waals surface area contributed by atoms with Gasteiger partial charge in [-0.25, -0.2) is 12.2 Å². The Hall–Kier alpha value is -1.34. The largest absolute Gasteiger partial charge is 3.00 e. The van der Waals surface area contributed by atoms with Gasteiger partial charge in [0, 0.05) is 0 Å². The Kier molecular flexibility index (Phi) is 13.6. The van der Waals surface area contributed by atoms with Crippen molar-refractivity contribution in [3.05, 3.63) is 77.6 Å². The van der Waals surface area contributed by atoms with Crippen molar-refractivity contribution in [2.75, 3.05) is 0 Å². The van der Waals surface area contributed by atoms with Gasteiger partial charge >= 0.3 is 16.5 Å². The van der Waals surface area contributed by atoms with Crippen molar-refractivity contribution in [3.63, 3.8) is 0 Å². The van der Waals surface area contributed by atoms with Crippen LogP contribution in [0.5, 0.6) is 0 Å². The van der Waals surface area contributed by atoms with Crippen LogP contribution in [0.3, 0.4) is 0 Å². The Bertz CT molecular complexity index is 273. The zero-order valence-electron chi connectivity index (χ0n) is 8.20. The van der Waals surface area contributed by atoms with Crippen molar-refractivity contribution < 1.29 is 16.5 Å². The van der Waals surface area contributed by atoms with Gasteiger partial charge in [-0.15, -0.1) is 18.6 Å². The van der Waals surface area contributed by atoms with Crippen LogP contribution in [0.15, 0.2) is 48.6 Å². The summed E-state index contributed by atoms with van der Waals surface area (Å²) >= 11 is 0. The van der Waals surface area contributed by atoms with E-state index in [0.29, 0.717) is 0 Å². The van der Waals surface area contributed by atoms with Gasteiger partial charge in [-0.1, -0.05) is 6.07 Å². The maximum Gasteiger partial charge on any atom is 3.00 e. The van der Waals surface area contributed by atoms with Crippen molar-refractivity contribution in [2.24, 2.45) is 0 Å². The summed E-state index contributed by atoms with van der Waals surface area (Å²) in [6.07, 6.45) is 10.0. The van der Waals surface area contributed by atoms with Crippen LogP contribution < -0.4 is 0 Å². The molecule has 0 bridgehead atoms. The topological polar surface area (TPSA) is 39.4 Å². The van der Waals surface area contributed by atoms with Crippen molar-refractivity contribution in [3.8, 4) is 0 Å². The number of rotatable bonds is 0. The number of hydrogen-bond acceptors (Lipinski definition) is 1. The normalized spacial score (nSPS) is 10.1. The second kappa shape index (κ2) is 12.7. The Balaban J connectivity index is 0. The fourth-order valence-electron chi connectivity index (χ4n) is 0.818. The molecule has 0 saturated heterocycles. The van der Waals surface area contributed by atoms with Crippen LogP contribution in [-0.4, -0.2) is 0 Å². The Morgan fingerprint density at radius 1 is 1.20 bits per heavy atom. The van der Waals surface area contributed by atoms with Gasteiger partial charge in [0.2, 0.25) is 0 Å². The van der Waals surface area contributed by atoms with Gasteiger partial charge in [0.15, 0.2) is 0 Å². The van der Waals surface area contributed by atoms with E-state index >= 15 is 0 Å². The smallest absolute Gasteiger partial charge is 0.577 e. The molecule has 3 heteroatoms. The molecular weight excluding hydrogens is 233 g/mol. The second-order valence-corrected chi connectivity index (χ2v) is 2.49. The summed E-state index contributed by atoms with van der Waals surface area (Å²) in [6, 6.07) is 9.87. The molecule has 1 aliphatic rings. The molecule has 1 aromatic rings. The maximum absolute atomic E-state index is 7.25. The van der Waals surface area contributed by atoms with E-state index in [-0.39, 0.29) is 16.5 Å². The quantitative estimate of drug-likeness (QED) is 0.509. The van der Waals surface area contributed by atoms with E-state index in [9.17, 15) is 0 Å². The van der Waals surface area contributed by atoms with Crippen molar-refractivity contribution in [1.29, 1.82) is 0 Å². The van der Waals surface area contributed by atoms with Crippen LogP contribution in [0.25, 0.3) is 5.59 Å². The fourth-order valence-corrected chi connectivity index (χ4v) is 0.818. The van der Waals surface area contributed by atoms with Crippen molar-refractivity contribution >= 4 is 0 Å². The van der Waals surface area contributed by atoms with Gasteiger partial charge in [0.1, 0.15) is 0 Å². The average Bonchev–Trinajstić information content (AvgIpc) is 2.80. The van der Waals surface area contributed by atoms with E-state index < -0.39 is 0 Å². The summed E-state index contributed by atoms with van der Waals surface area (Å²) in [6.45, 7) is 3.72. The SMILES string of the molecule is [C-]1=CC=CC1.[CH2-]c1ccccc1.[N-]=O.[Ni+3]. The van der Waals surface area contributed by atoms with Crippen LogP contribution in [0.1, 0.15) is 12.0 Å². The summed E-state index contributed by atoms with van der Waals surface area (Å²) in [5.41, 5.74) is 6.82. The summed E-state index contributed by atoms with van der Waals surface area (Å²) in [5.74, 6) is 0. The molecule has 81 valence electrons. The van der Waals surface area contributed by atoms with Crippen LogP contribution >= 0.6 is 0 Å². The minimum Gasteiger partial charge on any atom is -0.577 e. The minimum atomic E-state index is 0. The third kappa shape index (κ3) is 10.6. The number of nitroso groups, excluding NO2 is 1. The Morgan fingerprint density at radius 3 is 2.00 bits per heavy atom. The van der Waals surface area contributed by atoms with Gasteiger partial charge in [0.05, 0.1) is 0 Å². The van der Waals surface area contributed by atoms with Gasteiger partial charge in [-0.3, -0.25) is 6.08 Å². The molecule has 1 aromatic carbocycles. The van der Waals surface area contributed by atoms with Crippen LogP contribution in [-0.2, 0) is 16.5 Å². The molecule has 1 radical (unpaired) electrons. The molecule has 0 spiro atoms. The molecule has 15 heavy (non-hydrogen) atoms. The fraction of sp³-hybridized carbons (Fsp3) is 0.0833. The number of hydrogen-bond donors (Lipinski definition) is 0. The summed E-state index contributed by atoms with van der Waals surface area (Å²) < 4.78 is 0. The summed E-state index contributed by atoms with van der Waals surface area (Å²) in [7, 11) is 0. The molecule has 0 N–H and O–H groups in total. The van der Waals surface area contributed by atoms with Gasteiger partial charge in [0.25, 0.3) is 0 Å². The van der Waals surface area contributed by atoms with E-state index in [1.54, 1.807) is 0 Å². The molecule has 2 nitrogen and oxygen atoms in total. The molecule has 0 aromatic heterocycles. The predicted molar refractivity (Wildman–Crippen MR) is 59.2 cm³/mol. The van der Waals surface area contributed by atoms with Gasteiger partial charge in [-0.05, 0) is 0 Å². The molecule has 1 aliphatic carbocycles. The van der Waals surface area contributed by atoms with Gasteiger partial charge < -0.3 is 10.5 Å². The van der Waals surface area contributed by atoms with Crippen LogP contribution in [0.4, 0.5) is 0 Å². The molecule has 0 aliphatic heterocycles. The third-order valence-electron chi connectivity index (χ3n) is 1.43.